The van der Waals surface area contributed by atoms with Gasteiger partial charge in [-0.05, 0) is 24.3 Å². The van der Waals surface area contributed by atoms with Crippen molar-refractivity contribution < 1.29 is 19.2 Å². The smallest absolute Gasteiger partial charge is 0.362 e. The van der Waals surface area contributed by atoms with Gasteiger partial charge >= 0.3 is 5.97 Å². The van der Waals surface area contributed by atoms with Crippen LogP contribution < -0.4 is 10.2 Å². The summed E-state index contributed by atoms with van der Waals surface area (Å²) in [5.74, 6) is -0.603. The summed E-state index contributed by atoms with van der Waals surface area (Å²) in [5, 5.41) is 0. The van der Waals surface area contributed by atoms with Gasteiger partial charge in [0.15, 0.2) is 6.61 Å². The largest absolute Gasteiger partial charge is 0.484 e. The van der Waals surface area contributed by atoms with E-state index >= 15 is 0 Å². The second-order valence-electron chi connectivity index (χ2n) is 3.88. The van der Waals surface area contributed by atoms with Crippen molar-refractivity contribution in [3.8, 4) is 5.75 Å². The molecule has 0 unspecified atom stereocenters. The van der Waals surface area contributed by atoms with E-state index < -0.39 is 11.9 Å². The number of carbonyl (C=O) groups is 2. The van der Waals surface area contributed by atoms with Crippen molar-refractivity contribution in [3.63, 3.8) is 0 Å². The molecule has 1 N–H and O–H groups in total. The molecule has 0 spiro atoms. The molecule has 0 heterocycles. The van der Waals surface area contributed by atoms with Gasteiger partial charge in [0.25, 0.3) is 5.91 Å². The third kappa shape index (κ3) is 4.13. The first-order valence-electron chi connectivity index (χ1n) is 5.98. The van der Waals surface area contributed by atoms with Crippen LogP contribution in [0.25, 0.3) is 0 Å². The maximum atomic E-state index is 11.5. The second kappa shape index (κ2) is 6.94. The number of carbonyl (C=O) groups excluding carboxylic acids is 2. The minimum Gasteiger partial charge on any atom is -0.484 e. The maximum Gasteiger partial charge on any atom is 0.362 e. The average Bonchev–Trinajstić information content (AvgIpc) is 2.52. The molecule has 5 heteroatoms. The van der Waals surface area contributed by atoms with Gasteiger partial charge in [-0.1, -0.05) is 36.4 Å². The summed E-state index contributed by atoms with van der Waals surface area (Å²) in [4.78, 5) is 27.6. The van der Waals surface area contributed by atoms with Crippen LogP contribution in [0, 0.1) is 0 Å². The van der Waals surface area contributed by atoms with E-state index in [0.717, 1.165) is 0 Å². The van der Waals surface area contributed by atoms with Crippen LogP contribution in [0.2, 0.25) is 0 Å². The van der Waals surface area contributed by atoms with Gasteiger partial charge in [0, 0.05) is 0 Å². The van der Waals surface area contributed by atoms with E-state index in [1.165, 1.54) is 0 Å². The highest BCUT2D eigenvalue weighted by Gasteiger charge is 2.09. The molecular formula is C15H13NO4. The Kier molecular flexibility index (Phi) is 4.72. The van der Waals surface area contributed by atoms with E-state index in [2.05, 4.69) is 4.84 Å². The normalized spacial score (nSPS) is 9.60. The fourth-order valence-electron chi connectivity index (χ4n) is 1.43. The Labute approximate surface area is 116 Å². The zero-order valence-corrected chi connectivity index (χ0v) is 10.6. The summed E-state index contributed by atoms with van der Waals surface area (Å²) < 4.78 is 5.20. The summed E-state index contributed by atoms with van der Waals surface area (Å²) in [7, 11) is 0. The number of para-hydroxylation sites is 1. The molecule has 0 bridgehead atoms. The number of amides is 1. The zero-order chi connectivity index (χ0) is 14.2. The van der Waals surface area contributed by atoms with Gasteiger partial charge in [-0.2, -0.15) is 5.48 Å². The van der Waals surface area contributed by atoms with Crippen LogP contribution in [0.4, 0.5) is 0 Å². The monoisotopic (exact) mass is 271 g/mol. The van der Waals surface area contributed by atoms with Gasteiger partial charge < -0.3 is 9.57 Å². The van der Waals surface area contributed by atoms with Gasteiger partial charge in [0.05, 0.1) is 5.56 Å². The summed E-state index contributed by atoms with van der Waals surface area (Å²) in [6, 6.07) is 17.3. The third-order valence-corrected chi connectivity index (χ3v) is 2.38. The van der Waals surface area contributed by atoms with E-state index in [1.54, 1.807) is 54.6 Å². The van der Waals surface area contributed by atoms with Crippen LogP contribution in [0.3, 0.4) is 0 Å². The van der Waals surface area contributed by atoms with Crippen molar-refractivity contribution in [1.82, 2.24) is 5.48 Å². The lowest BCUT2D eigenvalue weighted by Crippen LogP contribution is -2.31. The highest BCUT2D eigenvalue weighted by atomic mass is 16.7. The van der Waals surface area contributed by atoms with Crippen molar-refractivity contribution in [1.29, 1.82) is 0 Å². The second-order valence-corrected chi connectivity index (χ2v) is 3.88. The van der Waals surface area contributed by atoms with Gasteiger partial charge in [0.1, 0.15) is 5.75 Å². The number of hydrogen-bond acceptors (Lipinski definition) is 4. The number of ether oxygens (including phenoxy) is 1. The molecule has 1 amide bonds. The standard InChI is InChI=1S/C15H13NO4/c17-14(11-19-13-9-5-2-6-10-13)16-20-15(18)12-7-3-1-4-8-12/h1-10H,11H2,(H,16,17). The van der Waals surface area contributed by atoms with Crippen LogP contribution in [0.15, 0.2) is 60.7 Å². The molecule has 0 aliphatic carbocycles. The molecule has 2 aromatic carbocycles. The molecule has 102 valence electrons. The van der Waals surface area contributed by atoms with Gasteiger partial charge in [-0.25, -0.2) is 4.79 Å². The Bertz CT molecular complexity index is 569. The molecule has 2 rings (SSSR count). The van der Waals surface area contributed by atoms with Crippen LogP contribution >= 0.6 is 0 Å². The molecule has 0 aliphatic heterocycles. The molecule has 2 aromatic rings. The minimum atomic E-state index is -0.626. The third-order valence-electron chi connectivity index (χ3n) is 2.38. The first kappa shape index (κ1) is 13.6. The zero-order valence-electron chi connectivity index (χ0n) is 10.6. The topological polar surface area (TPSA) is 64.6 Å². The summed E-state index contributed by atoms with van der Waals surface area (Å²) in [6.45, 7) is -0.230. The summed E-state index contributed by atoms with van der Waals surface area (Å²) in [5.41, 5.74) is 2.40. The van der Waals surface area contributed by atoms with Crippen LogP contribution in [0.5, 0.6) is 5.75 Å². The summed E-state index contributed by atoms with van der Waals surface area (Å²) >= 11 is 0. The number of hydroxylamine groups is 1. The van der Waals surface area contributed by atoms with E-state index in [9.17, 15) is 9.59 Å². The van der Waals surface area contributed by atoms with Crippen molar-refractivity contribution in [2.75, 3.05) is 6.61 Å². The van der Waals surface area contributed by atoms with E-state index in [0.29, 0.717) is 11.3 Å². The van der Waals surface area contributed by atoms with Gasteiger partial charge in [0.2, 0.25) is 0 Å². The lowest BCUT2D eigenvalue weighted by atomic mass is 10.2. The first-order valence-corrected chi connectivity index (χ1v) is 5.98. The fourth-order valence-corrected chi connectivity index (χ4v) is 1.43. The lowest BCUT2D eigenvalue weighted by Gasteiger charge is -2.07. The molecule has 0 fully saturated rings. The number of benzene rings is 2. The highest BCUT2D eigenvalue weighted by molar-refractivity contribution is 5.90. The van der Waals surface area contributed by atoms with Crippen molar-refractivity contribution >= 4 is 11.9 Å². The predicted octanol–water partition coefficient (Wildman–Crippen LogP) is 1.95. The fraction of sp³-hybridized carbons (Fsp3) is 0.0667. The SMILES string of the molecule is O=C(COc1ccccc1)NOC(=O)c1ccccc1. The van der Waals surface area contributed by atoms with Crippen molar-refractivity contribution in [2.45, 2.75) is 0 Å². The molecule has 0 saturated carbocycles. The first-order chi connectivity index (χ1) is 9.75. The molecule has 0 aromatic heterocycles. The maximum absolute atomic E-state index is 11.5. The van der Waals surface area contributed by atoms with Crippen molar-refractivity contribution in [3.05, 3.63) is 66.2 Å². The molecule has 5 nitrogen and oxygen atoms in total. The molecule has 0 atom stereocenters. The number of rotatable bonds is 4. The average molecular weight is 271 g/mol. The Morgan fingerprint density at radius 1 is 0.900 bits per heavy atom. The molecule has 20 heavy (non-hydrogen) atoms. The van der Waals surface area contributed by atoms with E-state index in [1.807, 2.05) is 11.5 Å². The van der Waals surface area contributed by atoms with Gasteiger partial charge in [-0.15, -0.1) is 0 Å². The van der Waals surface area contributed by atoms with Crippen molar-refractivity contribution in [2.24, 2.45) is 0 Å². The Hall–Kier alpha value is -2.82. The molecular weight excluding hydrogens is 258 g/mol. The van der Waals surface area contributed by atoms with Crippen LogP contribution in [0.1, 0.15) is 10.4 Å². The van der Waals surface area contributed by atoms with E-state index in [4.69, 9.17) is 4.74 Å². The molecule has 0 saturated heterocycles. The van der Waals surface area contributed by atoms with E-state index in [-0.39, 0.29) is 6.61 Å². The quantitative estimate of drug-likeness (QED) is 0.863. The molecule has 0 aliphatic rings. The van der Waals surface area contributed by atoms with Crippen LogP contribution in [-0.2, 0) is 9.63 Å². The Morgan fingerprint density at radius 2 is 1.50 bits per heavy atom. The summed E-state index contributed by atoms with van der Waals surface area (Å²) in [6.07, 6.45) is 0. The predicted molar refractivity (Wildman–Crippen MR) is 71.9 cm³/mol. The molecule has 0 radical (unpaired) electrons. The Balaban J connectivity index is 1.74. The number of nitrogens with one attached hydrogen (secondary N) is 1. The Morgan fingerprint density at radius 3 is 2.15 bits per heavy atom. The minimum absolute atomic E-state index is 0.230. The van der Waals surface area contributed by atoms with Crippen LogP contribution in [-0.4, -0.2) is 18.5 Å². The highest BCUT2D eigenvalue weighted by Crippen LogP contribution is 2.07. The van der Waals surface area contributed by atoms with Gasteiger partial charge in [-0.3, -0.25) is 4.79 Å². The number of hydrogen-bond donors (Lipinski definition) is 1. The lowest BCUT2D eigenvalue weighted by molar-refractivity contribution is -0.132.